The molecule has 2 aromatic rings. The molecule has 0 bridgehead atoms. The van der Waals surface area contributed by atoms with E-state index in [1.165, 1.54) is 18.4 Å². The van der Waals surface area contributed by atoms with Gasteiger partial charge in [0.1, 0.15) is 5.82 Å². The Morgan fingerprint density at radius 2 is 2.17 bits per heavy atom. The van der Waals surface area contributed by atoms with E-state index in [0.717, 1.165) is 30.5 Å². The zero-order valence-electron chi connectivity index (χ0n) is 10.6. The molecule has 0 aliphatic heterocycles. The van der Waals surface area contributed by atoms with Crippen LogP contribution in [0.2, 0.25) is 0 Å². The average molecular weight is 264 g/mol. The summed E-state index contributed by atoms with van der Waals surface area (Å²) >= 11 is 6.00. The van der Waals surface area contributed by atoms with E-state index in [1.54, 1.807) is 0 Å². The third kappa shape index (κ3) is 2.25. The van der Waals surface area contributed by atoms with Crippen molar-refractivity contribution in [2.75, 3.05) is 13.6 Å². The van der Waals surface area contributed by atoms with Crippen LogP contribution in [-0.4, -0.2) is 34.1 Å². The Morgan fingerprint density at radius 3 is 2.89 bits per heavy atom. The van der Waals surface area contributed by atoms with Gasteiger partial charge in [-0.3, -0.25) is 0 Å². The SMILES string of the molecule is CN(CCn1c(CCl)nc2ccccc21)C1CC1. The number of imidazole rings is 1. The molecule has 0 unspecified atom stereocenters. The number of para-hydroxylation sites is 2. The predicted octanol–water partition coefficient (Wildman–Crippen LogP) is 2.87. The minimum Gasteiger partial charge on any atom is -0.326 e. The van der Waals surface area contributed by atoms with Gasteiger partial charge in [0.05, 0.1) is 16.9 Å². The molecule has 0 saturated heterocycles. The Bertz CT molecular complexity index is 545. The van der Waals surface area contributed by atoms with Crippen molar-refractivity contribution < 1.29 is 0 Å². The molecule has 1 heterocycles. The van der Waals surface area contributed by atoms with Gasteiger partial charge in [-0.2, -0.15) is 0 Å². The van der Waals surface area contributed by atoms with E-state index in [2.05, 4.69) is 33.6 Å². The summed E-state index contributed by atoms with van der Waals surface area (Å²) in [5, 5.41) is 0. The van der Waals surface area contributed by atoms with Crippen molar-refractivity contribution in [1.82, 2.24) is 14.5 Å². The van der Waals surface area contributed by atoms with Crippen molar-refractivity contribution in [3.8, 4) is 0 Å². The number of likely N-dealkylation sites (N-methyl/N-ethyl adjacent to an activating group) is 1. The molecular formula is C14H18ClN3. The van der Waals surface area contributed by atoms with E-state index in [1.807, 2.05) is 12.1 Å². The van der Waals surface area contributed by atoms with Gasteiger partial charge in [-0.1, -0.05) is 12.1 Å². The molecule has 1 aromatic carbocycles. The highest BCUT2D eigenvalue weighted by molar-refractivity contribution is 6.16. The molecule has 0 amide bonds. The van der Waals surface area contributed by atoms with Gasteiger partial charge >= 0.3 is 0 Å². The summed E-state index contributed by atoms with van der Waals surface area (Å²) < 4.78 is 2.25. The number of hydrogen-bond acceptors (Lipinski definition) is 2. The lowest BCUT2D eigenvalue weighted by Gasteiger charge is -2.17. The maximum absolute atomic E-state index is 6.00. The highest BCUT2D eigenvalue weighted by atomic mass is 35.5. The van der Waals surface area contributed by atoms with Crippen LogP contribution >= 0.6 is 11.6 Å². The van der Waals surface area contributed by atoms with Crippen LogP contribution in [0.4, 0.5) is 0 Å². The van der Waals surface area contributed by atoms with Crippen LogP contribution in [0.1, 0.15) is 18.7 Å². The summed E-state index contributed by atoms with van der Waals surface area (Å²) in [6.45, 7) is 2.03. The lowest BCUT2D eigenvalue weighted by molar-refractivity contribution is 0.309. The summed E-state index contributed by atoms with van der Waals surface area (Å²) in [5.41, 5.74) is 2.24. The van der Waals surface area contributed by atoms with Gasteiger partial charge in [-0.15, -0.1) is 11.6 Å². The Morgan fingerprint density at radius 1 is 1.39 bits per heavy atom. The van der Waals surface area contributed by atoms with Crippen molar-refractivity contribution in [3.05, 3.63) is 30.1 Å². The van der Waals surface area contributed by atoms with Gasteiger partial charge in [0.25, 0.3) is 0 Å². The van der Waals surface area contributed by atoms with Crippen LogP contribution in [0, 0.1) is 0 Å². The van der Waals surface area contributed by atoms with Gasteiger partial charge in [0.15, 0.2) is 0 Å². The van der Waals surface area contributed by atoms with Crippen LogP contribution in [0.3, 0.4) is 0 Å². The van der Waals surface area contributed by atoms with Gasteiger partial charge in [0, 0.05) is 19.1 Å². The number of nitrogens with zero attached hydrogens (tertiary/aromatic N) is 3. The number of alkyl halides is 1. The second-order valence-electron chi connectivity index (χ2n) is 5.01. The van der Waals surface area contributed by atoms with E-state index in [-0.39, 0.29) is 0 Å². The Labute approximate surface area is 112 Å². The highest BCUT2D eigenvalue weighted by Crippen LogP contribution is 2.25. The first kappa shape index (κ1) is 12.0. The van der Waals surface area contributed by atoms with Gasteiger partial charge in [-0.05, 0) is 32.0 Å². The van der Waals surface area contributed by atoms with Crippen LogP contribution in [0.15, 0.2) is 24.3 Å². The van der Waals surface area contributed by atoms with Crippen LogP contribution in [0.25, 0.3) is 11.0 Å². The topological polar surface area (TPSA) is 21.1 Å². The number of aromatic nitrogens is 2. The fourth-order valence-corrected chi connectivity index (χ4v) is 2.64. The zero-order valence-corrected chi connectivity index (χ0v) is 11.4. The molecule has 0 atom stereocenters. The second kappa shape index (κ2) is 4.90. The lowest BCUT2D eigenvalue weighted by atomic mass is 10.3. The molecule has 18 heavy (non-hydrogen) atoms. The maximum atomic E-state index is 6.00. The molecule has 3 nitrogen and oxygen atoms in total. The van der Waals surface area contributed by atoms with Crippen molar-refractivity contribution >= 4 is 22.6 Å². The number of hydrogen-bond donors (Lipinski definition) is 0. The summed E-state index contributed by atoms with van der Waals surface area (Å²) in [7, 11) is 2.21. The van der Waals surface area contributed by atoms with Crippen LogP contribution in [-0.2, 0) is 12.4 Å². The third-order valence-electron chi connectivity index (χ3n) is 3.70. The Kier molecular flexibility index (Phi) is 3.27. The number of benzene rings is 1. The van der Waals surface area contributed by atoms with Crippen molar-refractivity contribution in [1.29, 1.82) is 0 Å². The summed E-state index contributed by atoms with van der Waals surface area (Å²) in [4.78, 5) is 7.02. The van der Waals surface area contributed by atoms with Crippen LogP contribution in [0.5, 0.6) is 0 Å². The van der Waals surface area contributed by atoms with E-state index >= 15 is 0 Å². The van der Waals surface area contributed by atoms with E-state index in [9.17, 15) is 0 Å². The number of rotatable bonds is 5. The molecule has 0 radical (unpaired) electrons. The molecule has 4 heteroatoms. The fourth-order valence-electron chi connectivity index (χ4n) is 2.43. The monoisotopic (exact) mass is 263 g/mol. The van der Waals surface area contributed by atoms with Gasteiger partial charge < -0.3 is 9.47 Å². The second-order valence-corrected chi connectivity index (χ2v) is 5.28. The van der Waals surface area contributed by atoms with Crippen molar-refractivity contribution in [2.24, 2.45) is 0 Å². The molecule has 1 fully saturated rings. The normalized spacial score (nSPS) is 15.7. The van der Waals surface area contributed by atoms with E-state index in [4.69, 9.17) is 11.6 Å². The van der Waals surface area contributed by atoms with E-state index in [0.29, 0.717) is 5.88 Å². The first-order chi connectivity index (χ1) is 8.79. The minimum absolute atomic E-state index is 0.474. The highest BCUT2D eigenvalue weighted by Gasteiger charge is 2.25. The lowest BCUT2D eigenvalue weighted by Crippen LogP contribution is -2.25. The third-order valence-corrected chi connectivity index (χ3v) is 3.94. The molecule has 1 aliphatic carbocycles. The number of fused-ring (bicyclic) bond motifs is 1. The standard InChI is InChI=1S/C14H18ClN3/c1-17(11-6-7-11)8-9-18-13-5-3-2-4-12(13)16-14(18)10-15/h2-5,11H,6-10H2,1H3. The summed E-state index contributed by atoms with van der Waals surface area (Å²) in [5.74, 6) is 1.45. The van der Waals surface area contributed by atoms with Gasteiger partial charge in [0.2, 0.25) is 0 Å². The van der Waals surface area contributed by atoms with Gasteiger partial charge in [-0.25, -0.2) is 4.98 Å². The fraction of sp³-hybridized carbons (Fsp3) is 0.500. The first-order valence-corrected chi connectivity index (χ1v) is 7.03. The smallest absolute Gasteiger partial charge is 0.124 e. The molecule has 0 spiro atoms. The molecule has 1 aromatic heterocycles. The number of halogens is 1. The molecular weight excluding hydrogens is 246 g/mol. The quantitative estimate of drug-likeness (QED) is 0.774. The maximum Gasteiger partial charge on any atom is 0.124 e. The molecule has 0 N–H and O–H groups in total. The van der Waals surface area contributed by atoms with Crippen LogP contribution < -0.4 is 0 Å². The average Bonchev–Trinajstić information content (AvgIpc) is 3.18. The minimum atomic E-state index is 0.474. The molecule has 1 saturated carbocycles. The molecule has 1 aliphatic rings. The Hall–Kier alpha value is -1.06. The Balaban J connectivity index is 1.84. The summed E-state index contributed by atoms with van der Waals surface area (Å²) in [6, 6.07) is 9.05. The molecule has 96 valence electrons. The first-order valence-electron chi connectivity index (χ1n) is 6.50. The summed E-state index contributed by atoms with van der Waals surface area (Å²) in [6.07, 6.45) is 2.70. The predicted molar refractivity (Wildman–Crippen MR) is 74.9 cm³/mol. The largest absolute Gasteiger partial charge is 0.326 e. The van der Waals surface area contributed by atoms with E-state index < -0.39 is 0 Å². The van der Waals surface area contributed by atoms with Crippen molar-refractivity contribution in [2.45, 2.75) is 31.3 Å². The molecule has 3 rings (SSSR count). The zero-order chi connectivity index (χ0) is 12.5. The van der Waals surface area contributed by atoms with Crippen molar-refractivity contribution in [3.63, 3.8) is 0 Å².